The van der Waals surface area contributed by atoms with Gasteiger partial charge in [-0.2, -0.15) is 0 Å². The molecule has 1 aliphatic heterocycles. The summed E-state index contributed by atoms with van der Waals surface area (Å²) in [6.07, 6.45) is 7.72. The fourth-order valence-electron chi connectivity index (χ4n) is 2.39. The Balaban J connectivity index is 1.51. The predicted molar refractivity (Wildman–Crippen MR) is 93.5 cm³/mol. The Morgan fingerprint density at radius 1 is 1.17 bits per heavy atom. The Hall–Kier alpha value is -2.43. The molecule has 0 atom stereocenters. The Labute approximate surface area is 142 Å². The summed E-state index contributed by atoms with van der Waals surface area (Å²) < 4.78 is 5.18. The summed E-state index contributed by atoms with van der Waals surface area (Å²) in [4.78, 5) is 27.5. The normalized spacial score (nSPS) is 13.2. The van der Waals surface area contributed by atoms with Crippen LogP contribution in [-0.2, 0) is 20.9 Å². The first-order chi connectivity index (χ1) is 11.7. The van der Waals surface area contributed by atoms with Gasteiger partial charge < -0.3 is 10.1 Å². The first kappa shape index (κ1) is 17.9. The number of nitrogens with one attached hydrogen (secondary N) is 1. The summed E-state index contributed by atoms with van der Waals surface area (Å²) in [5.41, 5.74) is 2.23. The van der Waals surface area contributed by atoms with Gasteiger partial charge in [-0.15, -0.1) is 0 Å². The van der Waals surface area contributed by atoms with Crippen LogP contribution in [0.5, 0.6) is 0 Å². The first-order valence-electron chi connectivity index (χ1n) is 8.40. The summed E-state index contributed by atoms with van der Waals surface area (Å²) >= 11 is 0. The SMILES string of the molecule is O=C(CCCC(=O)OCc1ccccc1)NCCC1=CN=CCC1. The average molecular weight is 328 g/mol. The smallest absolute Gasteiger partial charge is 0.306 e. The highest BCUT2D eigenvalue weighted by Crippen LogP contribution is 2.12. The summed E-state index contributed by atoms with van der Waals surface area (Å²) in [5, 5.41) is 2.88. The summed E-state index contributed by atoms with van der Waals surface area (Å²) in [6, 6.07) is 9.55. The molecular formula is C19H24N2O3. The van der Waals surface area contributed by atoms with Crippen molar-refractivity contribution in [3.05, 3.63) is 47.7 Å². The summed E-state index contributed by atoms with van der Waals surface area (Å²) in [7, 11) is 0. The van der Waals surface area contributed by atoms with Gasteiger partial charge in [0.05, 0.1) is 0 Å². The van der Waals surface area contributed by atoms with E-state index in [2.05, 4.69) is 10.3 Å². The molecule has 0 aromatic heterocycles. The fourth-order valence-corrected chi connectivity index (χ4v) is 2.39. The van der Waals surface area contributed by atoms with Crippen LogP contribution in [0.25, 0.3) is 0 Å². The van der Waals surface area contributed by atoms with E-state index in [1.807, 2.05) is 42.7 Å². The zero-order valence-corrected chi connectivity index (χ0v) is 13.9. The number of nitrogens with zero attached hydrogens (tertiary/aromatic N) is 1. The number of rotatable bonds is 9. The summed E-state index contributed by atoms with van der Waals surface area (Å²) in [6.45, 7) is 0.905. The van der Waals surface area contributed by atoms with Gasteiger partial charge in [-0.05, 0) is 36.8 Å². The third kappa shape index (κ3) is 7.22. The Kier molecular flexibility index (Phi) is 7.74. The van der Waals surface area contributed by atoms with Gasteiger partial charge in [0.1, 0.15) is 6.61 Å². The minimum Gasteiger partial charge on any atom is -0.461 e. The van der Waals surface area contributed by atoms with Crippen molar-refractivity contribution in [2.24, 2.45) is 4.99 Å². The maximum Gasteiger partial charge on any atom is 0.306 e. The van der Waals surface area contributed by atoms with Crippen LogP contribution in [0, 0.1) is 0 Å². The highest BCUT2D eigenvalue weighted by atomic mass is 16.5. The molecule has 0 saturated heterocycles. The lowest BCUT2D eigenvalue weighted by Crippen LogP contribution is -2.24. The number of carbonyl (C=O) groups excluding carboxylic acids is 2. The standard InChI is InChI=1S/C19H24N2O3/c22-18(21-13-11-16-8-5-12-20-14-16)9-4-10-19(23)24-15-17-6-2-1-3-7-17/h1-3,6-7,12,14H,4-5,8-11,13,15H2,(H,21,22). The van der Waals surface area contributed by atoms with E-state index in [4.69, 9.17) is 4.74 Å². The average Bonchev–Trinajstić information content (AvgIpc) is 2.62. The highest BCUT2D eigenvalue weighted by molar-refractivity contribution is 5.77. The molecule has 0 spiro atoms. The molecule has 0 radical (unpaired) electrons. The number of benzene rings is 1. The third-order valence-corrected chi connectivity index (χ3v) is 3.75. The molecule has 0 fully saturated rings. The molecule has 5 heteroatoms. The van der Waals surface area contributed by atoms with Crippen LogP contribution in [-0.4, -0.2) is 24.6 Å². The Morgan fingerprint density at radius 3 is 2.75 bits per heavy atom. The second kappa shape index (κ2) is 10.4. The number of ether oxygens (including phenoxy) is 1. The highest BCUT2D eigenvalue weighted by Gasteiger charge is 2.07. The molecule has 1 N–H and O–H groups in total. The van der Waals surface area contributed by atoms with E-state index in [1.165, 1.54) is 5.57 Å². The van der Waals surface area contributed by atoms with E-state index in [-0.39, 0.29) is 24.9 Å². The van der Waals surface area contributed by atoms with Crippen molar-refractivity contribution in [1.29, 1.82) is 0 Å². The number of hydrogen-bond acceptors (Lipinski definition) is 4. The van der Waals surface area contributed by atoms with E-state index in [0.717, 1.165) is 24.8 Å². The molecule has 0 unspecified atom stereocenters. The molecule has 1 aliphatic rings. The van der Waals surface area contributed by atoms with Crippen molar-refractivity contribution in [3.63, 3.8) is 0 Å². The largest absolute Gasteiger partial charge is 0.461 e. The van der Waals surface area contributed by atoms with Gasteiger partial charge in [0, 0.05) is 31.8 Å². The lowest BCUT2D eigenvalue weighted by Gasteiger charge is -2.09. The van der Waals surface area contributed by atoms with Crippen LogP contribution in [0.3, 0.4) is 0 Å². The number of carbonyl (C=O) groups is 2. The van der Waals surface area contributed by atoms with Crippen molar-refractivity contribution < 1.29 is 14.3 Å². The van der Waals surface area contributed by atoms with Gasteiger partial charge >= 0.3 is 5.97 Å². The zero-order chi connectivity index (χ0) is 17.0. The molecule has 1 amide bonds. The molecule has 0 aliphatic carbocycles. The molecule has 24 heavy (non-hydrogen) atoms. The van der Waals surface area contributed by atoms with Crippen LogP contribution in [0.1, 0.15) is 44.1 Å². The lowest BCUT2D eigenvalue weighted by atomic mass is 10.1. The van der Waals surface area contributed by atoms with E-state index >= 15 is 0 Å². The lowest BCUT2D eigenvalue weighted by molar-refractivity contribution is -0.145. The molecule has 1 aromatic rings. The molecule has 2 rings (SSSR count). The van der Waals surface area contributed by atoms with Crippen molar-refractivity contribution in [2.75, 3.05) is 6.54 Å². The van der Waals surface area contributed by atoms with Crippen LogP contribution < -0.4 is 5.32 Å². The van der Waals surface area contributed by atoms with Crippen molar-refractivity contribution in [3.8, 4) is 0 Å². The molecule has 1 heterocycles. The van der Waals surface area contributed by atoms with E-state index < -0.39 is 0 Å². The maximum atomic E-state index is 11.7. The first-order valence-corrected chi connectivity index (χ1v) is 8.40. The Bertz CT molecular complexity index is 594. The maximum absolute atomic E-state index is 11.7. The molecule has 0 saturated carbocycles. The zero-order valence-electron chi connectivity index (χ0n) is 13.9. The van der Waals surface area contributed by atoms with Gasteiger partial charge in [0.2, 0.25) is 5.91 Å². The monoisotopic (exact) mass is 328 g/mol. The van der Waals surface area contributed by atoms with E-state index in [9.17, 15) is 9.59 Å². The molecule has 5 nitrogen and oxygen atoms in total. The second-order valence-corrected chi connectivity index (χ2v) is 5.76. The molecular weight excluding hydrogens is 304 g/mol. The molecule has 1 aromatic carbocycles. The van der Waals surface area contributed by atoms with Gasteiger partial charge in [-0.1, -0.05) is 30.3 Å². The van der Waals surface area contributed by atoms with Crippen LogP contribution in [0.2, 0.25) is 0 Å². The Morgan fingerprint density at radius 2 is 2.00 bits per heavy atom. The number of aliphatic imine (C=N–C) groups is 1. The quantitative estimate of drug-likeness (QED) is 0.708. The van der Waals surface area contributed by atoms with Gasteiger partial charge in [-0.25, -0.2) is 0 Å². The van der Waals surface area contributed by atoms with E-state index in [1.54, 1.807) is 0 Å². The van der Waals surface area contributed by atoms with Crippen molar-refractivity contribution in [1.82, 2.24) is 5.32 Å². The van der Waals surface area contributed by atoms with Crippen molar-refractivity contribution in [2.45, 2.75) is 45.1 Å². The summed E-state index contributed by atoms with van der Waals surface area (Å²) in [5.74, 6) is -0.289. The van der Waals surface area contributed by atoms with Crippen LogP contribution in [0.15, 0.2) is 47.1 Å². The minimum atomic E-state index is -0.267. The van der Waals surface area contributed by atoms with E-state index in [0.29, 0.717) is 19.4 Å². The van der Waals surface area contributed by atoms with Crippen LogP contribution in [0.4, 0.5) is 0 Å². The fraction of sp³-hybridized carbons (Fsp3) is 0.421. The minimum absolute atomic E-state index is 0.0224. The van der Waals surface area contributed by atoms with Gasteiger partial charge in [0.15, 0.2) is 0 Å². The van der Waals surface area contributed by atoms with Gasteiger partial charge in [-0.3, -0.25) is 14.6 Å². The second-order valence-electron chi connectivity index (χ2n) is 5.76. The topological polar surface area (TPSA) is 67.8 Å². The van der Waals surface area contributed by atoms with Crippen LogP contribution >= 0.6 is 0 Å². The van der Waals surface area contributed by atoms with Crippen molar-refractivity contribution >= 4 is 18.1 Å². The molecule has 0 bridgehead atoms. The number of amides is 1. The third-order valence-electron chi connectivity index (χ3n) is 3.75. The van der Waals surface area contributed by atoms with Gasteiger partial charge in [0.25, 0.3) is 0 Å². The molecule has 128 valence electrons. The predicted octanol–water partition coefficient (Wildman–Crippen LogP) is 3.15. The number of hydrogen-bond donors (Lipinski definition) is 1. The number of esters is 1.